The lowest BCUT2D eigenvalue weighted by Crippen LogP contribution is -2.15. The minimum atomic E-state index is -0.290. The summed E-state index contributed by atoms with van der Waals surface area (Å²) in [4.78, 5) is 21.0. The molecule has 0 saturated carbocycles. The summed E-state index contributed by atoms with van der Waals surface area (Å²) in [7, 11) is 0. The van der Waals surface area contributed by atoms with Gasteiger partial charge in [-0.3, -0.25) is 0 Å². The van der Waals surface area contributed by atoms with E-state index in [9.17, 15) is 0 Å². The number of fused-ring (bicyclic) bond motifs is 7. The molecule has 2 heterocycles. The van der Waals surface area contributed by atoms with Crippen LogP contribution in [0.15, 0.2) is 218 Å². The fourth-order valence-corrected chi connectivity index (χ4v) is 10.3. The lowest BCUT2D eigenvalue weighted by molar-refractivity contribution is 0.661. The van der Waals surface area contributed by atoms with E-state index in [0.29, 0.717) is 11.6 Å². The molecule has 314 valence electrons. The summed E-state index contributed by atoms with van der Waals surface area (Å²) in [5.41, 5.74) is 17.4. The largest absolute Gasteiger partial charge is 0.228 e. The molecule has 1 aliphatic rings. The number of rotatable bonds is 6. The van der Waals surface area contributed by atoms with Gasteiger partial charge in [0.25, 0.3) is 0 Å². The highest BCUT2D eigenvalue weighted by atomic mass is 14.9. The Morgan fingerprint density at radius 2 is 0.642 bits per heavy atom. The quantitative estimate of drug-likeness (QED) is 0.167. The second-order valence-electron chi connectivity index (χ2n) is 18.3. The molecule has 0 fully saturated rings. The summed E-state index contributed by atoms with van der Waals surface area (Å²) in [6.07, 6.45) is 0. The molecule has 0 bridgehead atoms. The molecule has 0 N–H and O–H groups in total. The molecule has 67 heavy (non-hydrogen) atoms. The highest BCUT2D eigenvalue weighted by Crippen LogP contribution is 2.51. The van der Waals surface area contributed by atoms with E-state index in [1.807, 2.05) is 0 Å². The van der Waals surface area contributed by atoms with E-state index in [0.717, 1.165) is 66.2 Å². The third-order valence-electron chi connectivity index (χ3n) is 13.8. The van der Waals surface area contributed by atoms with Crippen LogP contribution in [0.1, 0.15) is 25.0 Å². The van der Waals surface area contributed by atoms with Crippen molar-refractivity contribution in [1.29, 1.82) is 0 Å². The van der Waals surface area contributed by atoms with Crippen molar-refractivity contribution < 1.29 is 0 Å². The van der Waals surface area contributed by atoms with Gasteiger partial charge >= 0.3 is 0 Å². The van der Waals surface area contributed by atoms with Gasteiger partial charge in [0, 0.05) is 38.4 Å². The van der Waals surface area contributed by atoms with Gasteiger partial charge < -0.3 is 0 Å². The van der Waals surface area contributed by atoms with E-state index in [1.165, 1.54) is 55.3 Å². The van der Waals surface area contributed by atoms with Gasteiger partial charge in [0.1, 0.15) is 0 Å². The van der Waals surface area contributed by atoms with E-state index in [-0.39, 0.29) is 5.41 Å². The molecule has 2 aromatic heterocycles. The molecule has 4 heteroatoms. The SMILES string of the molecule is CC1(C)c2cc(-c3nc(-c4ccc5cc(-c6ccccc6)ccc5c4)nc4ccccc34)ccc2-c2ccc(-c3nc(-c4ccc5cc(-c6ccccc6)ccc5c4)nc4ccccc34)cc21. The van der Waals surface area contributed by atoms with Crippen molar-refractivity contribution in [2.24, 2.45) is 0 Å². The van der Waals surface area contributed by atoms with Gasteiger partial charge in [0.2, 0.25) is 0 Å². The molecule has 13 rings (SSSR count). The zero-order chi connectivity index (χ0) is 44.6. The summed E-state index contributed by atoms with van der Waals surface area (Å²) >= 11 is 0. The fourth-order valence-electron chi connectivity index (χ4n) is 10.3. The summed E-state index contributed by atoms with van der Waals surface area (Å²) in [5.74, 6) is 1.43. The van der Waals surface area contributed by atoms with Crippen molar-refractivity contribution >= 4 is 43.4 Å². The smallest absolute Gasteiger partial charge is 0.160 e. The van der Waals surface area contributed by atoms with Crippen molar-refractivity contribution in [3.63, 3.8) is 0 Å². The lowest BCUT2D eigenvalue weighted by atomic mass is 9.81. The highest BCUT2D eigenvalue weighted by Gasteiger charge is 2.36. The first-order valence-corrected chi connectivity index (χ1v) is 22.9. The van der Waals surface area contributed by atoms with E-state index in [2.05, 4.69) is 232 Å². The molecule has 12 aromatic rings. The summed E-state index contributed by atoms with van der Waals surface area (Å²) in [6, 6.07) is 78.0. The zero-order valence-electron chi connectivity index (χ0n) is 37.1. The molecule has 0 atom stereocenters. The molecule has 0 unspecified atom stereocenters. The standard InChI is InChI=1S/C63H42N4/c1-63(2)55-37-47(59-53-17-9-11-19-57(53)64-61(66-59)49-27-25-43-33-41(21-23-45(43)35-49)39-13-5-3-6-14-39)29-31-51(55)52-32-30-48(38-56(52)63)60-54-18-10-12-20-58(54)65-62(67-60)50-28-26-44-34-42(22-24-46(44)36-50)40-15-7-4-8-16-40/h3-38H,1-2H3. The summed E-state index contributed by atoms with van der Waals surface area (Å²) in [6.45, 7) is 4.68. The van der Waals surface area contributed by atoms with Crippen LogP contribution in [-0.4, -0.2) is 19.9 Å². The van der Waals surface area contributed by atoms with Gasteiger partial charge in [0.05, 0.1) is 22.4 Å². The highest BCUT2D eigenvalue weighted by molar-refractivity contribution is 5.99. The van der Waals surface area contributed by atoms with Crippen molar-refractivity contribution in [3.8, 4) is 78.7 Å². The molecule has 0 saturated heterocycles. The van der Waals surface area contributed by atoms with Gasteiger partial charge in [-0.2, -0.15) is 0 Å². The summed E-state index contributed by atoms with van der Waals surface area (Å²) < 4.78 is 0. The number of hydrogen-bond acceptors (Lipinski definition) is 4. The van der Waals surface area contributed by atoms with Gasteiger partial charge in [-0.05, 0) is 115 Å². The van der Waals surface area contributed by atoms with Crippen molar-refractivity contribution in [2.75, 3.05) is 0 Å². The number of aromatic nitrogens is 4. The Morgan fingerprint density at radius 3 is 1.07 bits per heavy atom. The minimum Gasteiger partial charge on any atom is -0.228 e. The van der Waals surface area contributed by atoms with Crippen LogP contribution in [0.2, 0.25) is 0 Å². The summed E-state index contributed by atoms with van der Waals surface area (Å²) in [5, 5.41) is 6.75. The van der Waals surface area contributed by atoms with Gasteiger partial charge in [-0.15, -0.1) is 0 Å². The minimum absolute atomic E-state index is 0.290. The van der Waals surface area contributed by atoms with Crippen LogP contribution < -0.4 is 0 Å². The first-order valence-electron chi connectivity index (χ1n) is 22.9. The molecule has 0 radical (unpaired) electrons. The Kier molecular flexibility index (Phi) is 8.84. The van der Waals surface area contributed by atoms with E-state index < -0.39 is 0 Å². The predicted molar refractivity (Wildman–Crippen MR) is 278 cm³/mol. The Balaban J connectivity index is 0.865. The van der Waals surface area contributed by atoms with E-state index >= 15 is 0 Å². The van der Waals surface area contributed by atoms with Crippen LogP contribution in [-0.2, 0) is 5.41 Å². The van der Waals surface area contributed by atoms with Crippen molar-refractivity contribution in [1.82, 2.24) is 19.9 Å². The van der Waals surface area contributed by atoms with Crippen molar-refractivity contribution in [3.05, 3.63) is 230 Å². The number of hydrogen-bond donors (Lipinski definition) is 0. The molecule has 1 aliphatic carbocycles. The molecular weight excluding hydrogens is 813 g/mol. The van der Waals surface area contributed by atoms with Gasteiger partial charge in [0.15, 0.2) is 11.6 Å². The monoisotopic (exact) mass is 854 g/mol. The maximum Gasteiger partial charge on any atom is 0.160 e. The molecule has 10 aromatic carbocycles. The molecule has 0 aliphatic heterocycles. The van der Waals surface area contributed by atoms with Crippen LogP contribution >= 0.6 is 0 Å². The Morgan fingerprint density at radius 1 is 0.284 bits per heavy atom. The number of nitrogens with zero attached hydrogens (tertiary/aromatic N) is 4. The van der Waals surface area contributed by atoms with Crippen LogP contribution in [0.5, 0.6) is 0 Å². The van der Waals surface area contributed by atoms with E-state index in [1.54, 1.807) is 0 Å². The van der Waals surface area contributed by atoms with E-state index in [4.69, 9.17) is 19.9 Å². The molecule has 0 amide bonds. The Labute approximate surface area is 389 Å². The van der Waals surface area contributed by atoms with Gasteiger partial charge in [-0.25, -0.2) is 19.9 Å². The van der Waals surface area contributed by atoms with Gasteiger partial charge in [-0.1, -0.05) is 184 Å². The maximum atomic E-state index is 5.36. The normalized spacial score (nSPS) is 12.7. The molecule has 4 nitrogen and oxygen atoms in total. The Bertz CT molecular complexity index is 3690. The number of benzene rings is 10. The molecular formula is C63H42N4. The second-order valence-corrected chi connectivity index (χ2v) is 18.3. The average Bonchev–Trinajstić information content (AvgIpc) is 3.62. The lowest BCUT2D eigenvalue weighted by Gasteiger charge is -2.23. The van der Waals surface area contributed by atoms with Crippen LogP contribution in [0.3, 0.4) is 0 Å². The van der Waals surface area contributed by atoms with Crippen LogP contribution in [0.4, 0.5) is 0 Å². The number of para-hydroxylation sites is 2. The second kappa shape index (κ2) is 15.3. The first-order chi connectivity index (χ1) is 32.9. The first kappa shape index (κ1) is 38.8. The predicted octanol–water partition coefficient (Wildman–Crippen LogP) is 16.2. The third kappa shape index (κ3) is 6.60. The van der Waals surface area contributed by atoms with Crippen molar-refractivity contribution in [2.45, 2.75) is 19.3 Å². The topological polar surface area (TPSA) is 51.6 Å². The van der Waals surface area contributed by atoms with Crippen LogP contribution in [0, 0.1) is 0 Å². The zero-order valence-corrected chi connectivity index (χ0v) is 37.1. The third-order valence-corrected chi connectivity index (χ3v) is 13.8. The average molecular weight is 855 g/mol. The Hall–Kier alpha value is -8.60. The molecule has 0 spiro atoms. The maximum absolute atomic E-state index is 5.36. The van der Waals surface area contributed by atoms with Crippen LogP contribution in [0.25, 0.3) is 122 Å². The fraction of sp³-hybridized carbons (Fsp3) is 0.0476.